The third kappa shape index (κ3) is 5.82. The lowest BCUT2D eigenvalue weighted by Gasteiger charge is -2.15. The summed E-state index contributed by atoms with van der Waals surface area (Å²) in [6.45, 7) is 3.33. The maximum Gasteiger partial charge on any atom is 0.305 e. The van der Waals surface area contributed by atoms with Crippen LogP contribution in [-0.2, 0) is 14.8 Å². The van der Waals surface area contributed by atoms with E-state index < -0.39 is 27.9 Å². The number of nitrogens with one attached hydrogen (secondary N) is 2. The van der Waals surface area contributed by atoms with E-state index in [1.807, 2.05) is 0 Å². The van der Waals surface area contributed by atoms with E-state index in [2.05, 4.69) is 10.0 Å². The molecular formula is C13H18N2O5S. The van der Waals surface area contributed by atoms with Crippen LogP contribution in [0.1, 0.15) is 29.3 Å². The summed E-state index contributed by atoms with van der Waals surface area (Å²) < 4.78 is 24.9. The fraction of sp³-hybridized carbons (Fsp3) is 0.385. The summed E-state index contributed by atoms with van der Waals surface area (Å²) in [5.74, 6) is -1.56. The number of aryl methyl sites for hydroxylation is 1. The van der Waals surface area contributed by atoms with E-state index >= 15 is 0 Å². The highest BCUT2D eigenvalue weighted by atomic mass is 32.2. The Hall–Kier alpha value is -2.09. The van der Waals surface area contributed by atoms with Gasteiger partial charge in [0.1, 0.15) is 0 Å². The molecule has 0 aliphatic heterocycles. The lowest BCUT2D eigenvalue weighted by molar-refractivity contribution is -0.137. The van der Waals surface area contributed by atoms with Crippen molar-refractivity contribution < 1.29 is 23.1 Å². The van der Waals surface area contributed by atoms with Crippen LogP contribution in [0, 0.1) is 6.92 Å². The van der Waals surface area contributed by atoms with E-state index in [9.17, 15) is 18.0 Å². The molecule has 1 atom stereocenters. The number of hydrogen-bond acceptors (Lipinski definition) is 4. The maximum atomic E-state index is 12.2. The number of carboxylic acid groups (broad SMARTS) is 1. The molecule has 0 aliphatic rings. The molecule has 1 unspecified atom stereocenters. The third-order valence-corrected chi connectivity index (χ3v) is 3.16. The number of benzene rings is 1. The highest BCUT2D eigenvalue weighted by molar-refractivity contribution is 7.92. The standard InChI is InChI=1S/C13H18N2O5S/c1-8-4-5-11(15-21(3,19)20)10(6-8)13(18)14-9(2)7-12(16)17/h4-6,9,15H,7H2,1-3H3,(H,14,18)(H,16,17). The Bertz CT molecular complexity index is 655. The van der Waals surface area contributed by atoms with Gasteiger partial charge in [-0.15, -0.1) is 0 Å². The SMILES string of the molecule is Cc1ccc(NS(C)(=O)=O)c(C(=O)NC(C)CC(=O)O)c1. The zero-order valence-electron chi connectivity index (χ0n) is 12.0. The minimum Gasteiger partial charge on any atom is -0.481 e. The molecule has 1 aromatic carbocycles. The fourth-order valence-corrected chi connectivity index (χ4v) is 2.33. The normalized spacial score (nSPS) is 12.5. The van der Waals surface area contributed by atoms with Crippen LogP contribution in [0.2, 0.25) is 0 Å². The van der Waals surface area contributed by atoms with Crippen LogP contribution in [0.4, 0.5) is 5.69 Å². The van der Waals surface area contributed by atoms with Gasteiger partial charge in [-0.25, -0.2) is 8.42 Å². The van der Waals surface area contributed by atoms with Crippen molar-refractivity contribution in [3.8, 4) is 0 Å². The van der Waals surface area contributed by atoms with Gasteiger partial charge in [-0.05, 0) is 26.0 Å². The number of carbonyl (C=O) groups excluding carboxylic acids is 1. The molecule has 0 bridgehead atoms. The van der Waals surface area contributed by atoms with Crippen LogP contribution in [-0.4, -0.2) is 37.7 Å². The Balaban J connectivity index is 3.02. The highest BCUT2D eigenvalue weighted by Gasteiger charge is 2.17. The number of aliphatic carboxylic acids is 1. The summed E-state index contributed by atoms with van der Waals surface area (Å²) >= 11 is 0. The van der Waals surface area contributed by atoms with Crippen molar-refractivity contribution in [2.24, 2.45) is 0 Å². The molecule has 0 spiro atoms. The number of amides is 1. The Morgan fingerprint density at radius 3 is 2.48 bits per heavy atom. The van der Waals surface area contributed by atoms with Crippen LogP contribution in [0.5, 0.6) is 0 Å². The van der Waals surface area contributed by atoms with Crippen molar-refractivity contribution in [3.63, 3.8) is 0 Å². The van der Waals surface area contributed by atoms with E-state index in [0.29, 0.717) is 0 Å². The molecule has 8 heteroatoms. The van der Waals surface area contributed by atoms with E-state index in [-0.39, 0.29) is 17.7 Å². The minimum atomic E-state index is -3.52. The summed E-state index contributed by atoms with van der Waals surface area (Å²) in [5, 5.41) is 11.2. The molecule has 0 radical (unpaired) electrons. The van der Waals surface area contributed by atoms with Crippen LogP contribution in [0.25, 0.3) is 0 Å². The highest BCUT2D eigenvalue weighted by Crippen LogP contribution is 2.18. The number of anilines is 1. The molecule has 0 saturated carbocycles. The van der Waals surface area contributed by atoms with Crippen LogP contribution < -0.4 is 10.0 Å². The van der Waals surface area contributed by atoms with Crippen molar-refractivity contribution >= 4 is 27.6 Å². The lowest BCUT2D eigenvalue weighted by Crippen LogP contribution is -2.34. The first-order chi connectivity index (χ1) is 9.58. The van der Waals surface area contributed by atoms with Crippen molar-refractivity contribution in [2.75, 3.05) is 11.0 Å². The first-order valence-electron chi connectivity index (χ1n) is 6.19. The Morgan fingerprint density at radius 2 is 1.95 bits per heavy atom. The molecule has 1 amide bonds. The molecule has 0 aliphatic carbocycles. The van der Waals surface area contributed by atoms with Gasteiger partial charge in [0.15, 0.2) is 0 Å². The van der Waals surface area contributed by atoms with E-state index in [4.69, 9.17) is 5.11 Å². The molecule has 0 heterocycles. The van der Waals surface area contributed by atoms with Gasteiger partial charge < -0.3 is 10.4 Å². The van der Waals surface area contributed by atoms with Gasteiger partial charge in [0.25, 0.3) is 5.91 Å². The molecule has 1 rings (SSSR count). The average Bonchev–Trinajstić information content (AvgIpc) is 2.28. The van der Waals surface area contributed by atoms with E-state index in [0.717, 1.165) is 11.8 Å². The number of carbonyl (C=O) groups is 2. The molecule has 1 aromatic rings. The monoisotopic (exact) mass is 314 g/mol. The molecule has 0 aromatic heterocycles. The predicted molar refractivity (Wildman–Crippen MR) is 78.8 cm³/mol. The molecule has 0 fully saturated rings. The van der Waals surface area contributed by atoms with E-state index in [1.54, 1.807) is 19.9 Å². The quantitative estimate of drug-likeness (QED) is 0.724. The summed E-state index contributed by atoms with van der Waals surface area (Å²) in [4.78, 5) is 22.8. The predicted octanol–water partition coefficient (Wildman–Crippen LogP) is 0.960. The molecule has 0 saturated heterocycles. The van der Waals surface area contributed by atoms with Crippen LogP contribution in [0.3, 0.4) is 0 Å². The van der Waals surface area contributed by atoms with Gasteiger partial charge in [-0.2, -0.15) is 0 Å². The number of carboxylic acids is 1. The largest absolute Gasteiger partial charge is 0.481 e. The van der Waals surface area contributed by atoms with Gasteiger partial charge in [0.2, 0.25) is 10.0 Å². The third-order valence-electron chi connectivity index (χ3n) is 2.57. The molecule has 21 heavy (non-hydrogen) atoms. The Kier molecular flexibility index (Phi) is 5.31. The topological polar surface area (TPSA) is 113 Å². The second kappa shape index (κ2) is 6.57. The van der Waals surface area contributed by atoms with Crippen molar-refractivity contribution in [3.05, 3.63) is 29.3 Å². The first-order valence-corrected chi connectivity index (χ1v) is 8.08. The van der Waals surface area contributed by atoms with Crippen molar-refractivity contribution in [1.82, 2.24) is 5.32 Å². The van der Waals surface area contributed by atoms with Gasteiger partial charge in [-0.1, -0.05) is 11.6 Å². The van der Waals surface area contributed by atoms with E-state index in [1.165, 1.54) is 12.1 Å². The maximum absolute atomic E-state index is 12.2. The fourth-order valence-electron chi connectivity index (χ4n) is 1.75. The lowest BCUT2D eigenvalue weighted by atomic mass is 10.1. The number of hydrogen-bond donors (Lipinski definition) is 3. The van der Waals surface area contributed by atoms with Gasteiger partial charge in [-0.3, -0.25) is 14.3 Å². The van der Waals surface area contributed by atoms with Crippen LogP contribution in [0.15, 0.2) is 18.2 Å². The molecular weight excluding hydrogens is 296 g/mol. The molecule has 3 N–H and O–H groups in total. The summed E-state index contributed by atoms with van der Waals surface area (Å²) in [7, 11) is -3.52. The second-order valence-electron chi connectivity index (χ2n) is 4.90. The average molecular weight is 314 g/mol. The van der Waals surface area contributed by atoms with Gasteiger partial charge in [0.05, 0.1) is 23.9 Å². The van der Waals surface area contributed by atoms with Crippen molar-refractivity contribution in [2.45, 2.75) is 26.3 Å². The second-order valence-corrected chi connectivity index (χ2v) is 6.64. The molecule has 116 valence electrons. The Labute approximate surface area is 123 Å². The summed E-state index contributed by atoms with van der Waals surface area (Å²) in [6.07, 6.45) is 0.772. The number of rotatable bonds is 6. The Morgan fingerprint density at radius 1 is 1.33 bits per heavy atom. The zero-order chi connectivity index (χ0) is 16.2. The zero-order valence-corrected chi connectivity index (χ0v) is 12.8. The van der Waals surface area contributed by atoms with Crippen LogP contribution >= 0.6 is 0 Å². The minimum absolute atomic E-state index is 0.151. The van der Waals surface area contributed by atoms with Crippen molar-refractivity contribution in [1.29, 1.82) is 0 Å². The first kappa shape index (κ1) is 17.0. The van der Waals surface area contributed by atoms with Gasteiger partial charge in [0, 0.05) is 6.04 Å². The smallest absolute Gasteiger partial charge is 0.305 e. The molecule has 7 nitrogen and oxygen atoms in total. The summed E-state index contributed by atoms with van der Waals surface area (Å²) in [5.41, 5.74) is 1.09. The van der Waals surface area contributed by atoms with Gasteiger partial charge >= 0.3 is 5.97 Å². The summed E-state index contributed by atoms with van der Waals surface area (Å²) in [6, 6.07) is 4.13. The number of sulfonamides is 1.